The lowest BCUT2D eigenvalue weighted by Gasteiger charge is -2.44. The predicted octanol–water partition coefficient (Wildman–Crippen LogP) is 3.80. The van der Waals surface area contributed by atoms with Crippen molar-refractivity contribution in [3.8, 4) is 0 Å². The van der Waals surface area contributed by atoms with Crippen LogP contribution in [-0.4, -0.2) is 23.4 Å². The molecule has 3 heteroatoms. The molecular formula is C18H26N2O. The number of benzene rings is 1. The van der Waals surface area contributed by atoms with Crippen LogP contribution in [0, 0.1) is 5.92 Å². The predicted molar refractivity (Wildman–Crippen MR) is 86.1 cm³/mol. The normalized spacial score (nSPS) is 26.1. The molecule has 0 spiro atoms. The molecule has 1 aliphatic heterocycles. The molecule has 0 radical (unpaired) electrons. The maximum Gasteiger partial charge on any atom is 0.221 e. The fraction of sp³-hybridized carbons (Fsp3) is 0.611. The van der Waals surface area contributed by atoms with Gasteiger partial charge >= 0.3 is 0 Å². The Bertz CT molecular complexity index is 480. The zero-order valence-corrected chi connectivity index (χ0v) is 13.0. The summed E-state index contributed by atoms with van der Waals surface area (Å²) >= 11 is 0. The Labute approximate surface area is 127 Å². The third-order valence-electron chi connectivity index (χ3n) is 5.02. The highest BCUT2D eigenvalue weighted by atomic mass is 16.1. The van der Waals surface area contributed by atoms with Gasteiger partial charge in [-0.25, -0.2) is 0 Å². The second-order valence-electron chi connectivity index (χ2n) is 6.60. The van der Waals surface area contributed by atoms with Crippen LogP contribution < -0.4 is 5.32 Å². The topological polar surface area (TPSA) is 32.3 Å². The molecule has 2 fully saturated rings. The smallest absolute Gasteiger partial charge is 0.221 e. The van der Waals surface area contributed by atoms with E-state index in [1.807, 2.05) is 12.1 Å². The van der Waals surface area contributed by atoms with Crippen molar-refractivity contribution < 1.29 is 4.79 Å². The summed E-state index contributed by atoms with van der Waals surface area (Å²) < 4.78 is 0. The van der Waals surface area contributed by atoms with Crippen molar-refractivity contribution in [2.45, 2.75) is 58.0 Å². The monoisotopic (exact) mass is 286 g/mol. The zero-order chi connectivity index (χ0) is 14.7. The standard InChI is InChI=1S/C18H26N2O/c1-14(21)19-17-10-8-15(9-11-17)13-20-12-4-6-16-5-2-3-7-18(16)20/h8-11,16,18H,2-7,12-13H2,1H3,(H,19,21)/t16-,18+/m0/s1. The van der Waals surface area contributed by atoms with Crippen LogP contribution in [0.3, 0.4) is 0 Å². The summed E-state index contributed by atoms with van der Waals surface area (Å²) in [4.78, 5) is 13.7. The number of fused-ring (bicyclic) bond motifs is 1. The van der Waals surface area contributed by atoms with Crippen LogP contribution in [0.5, 0.6) is 0 Å². The second kappa shape index (κ2) is 6.61. The number of rotatable bonds is 3. The minimum absolute atomic E-state index is 0.0103. The van der Waals surface area contributed by atoms with Crippen molar-refractivity contribution in [1.82, 2.24) is 4.90 Å². The van der Waals surface area contributed by atoms with Crippen molar-refractivity contribution in [2.75, 3.05) is 11.9 Å². The van der Waals surface area contributed by atoms with E-state index in [0.717, 1.165) is 24.2 Å². The van der Waals surface area contributed by atoms with Crippen molar-refractivity contribution in [2.24, 2.45) is 5.92 Å². The summed E-state index contributed by atoms with van der Waals surface area (Å²) in [6, 6.07) is 9.13. The van der Waals surface area contributed by atoms with Crippen LogP contribution in [0.4, 0.5) is 5.69 Å². The van der Waals surface area contributed by atoms with Crippen LogP contribution in [0.25, 0.3) is 0 Å². The van der Waals surface area contributed by atoms with Gasteiger partial charge in [0.25, 0.3) is 0 Å². The fourth-order valence-corrected chi connectivity index (χ4v) is 4.06. The zero-order valence-electron chi connectivity index (χ0n) is 13.0. The summed E-state index contributed by atoms with van der Waals surface area (Å²) in [5.74, 6) is 0.926. The van der Waals surface area contributed by atoms with Gasteiger partial charge in [-0.05, 0) is 55.8 Å². The molecule has 0 unspecified atom stereocenters. The Kier molecular flexibility index (Phi) is 4.59. The summed E-state index contributed by atoms with van der Waals surface area (Å²) in [5.41, 5.74) is 2.25. The molecule has 1 saturated heterocycles. The van der Waals surface area contributed by atoms with Gasteiger partial charge in [0.05, 0.1) is 0 Å². The molecule has 114 valence electrons. The molecule has 2 atom stereocenters. The van der Waals surface area contributed by atoms with Gasteiger partial charge in [-0.1, -0.05) is 25.0 Å². The number of hydrogen-bond donors (Lipinski definition) is 1. The second-order valence-corrected chi connectivity index (χ2v) is 6.60. The highest BCUT2D eigenvalue weighted by Gasteiger charge is 2.32. The van der Waals surface area contributed by atoms with Gasteiger partial charge in [0.15, 0.2) is 0 Å². The van der Waals surface area contributed by atoms with Crippen LogP contribution in [0.15, 0.2) is 24.3 Å². The van der Waals surface area contributed by atoms with Gasteiger partial charge in [0, 0.05) is 25.2 Å². The highest BCUT2D eigenvalue weighted by Crippen LogP contribution is 2.35. The van der Waals surface area contributed by atoms with Gasteiger partial charge in [0.2, 0.25) is 5.91 Å². The molecule has 1 heterocycles. The van der Waals surface area contributed by atoms with Crippen molar-refractivity contribution >= 4 is 11.6 Å². The largest absolute Gasteiger partial charge is 0.326 e. The SMILES string of the molecule is CC(=O)Nc1ccc(CN2CCC[C@@H]3CCCC[C@H]32)cc1. The van der Waals surface area contributed by atoms with Gasteiger partial charge in [0.1, 0.15) is 0 Å². The molecule has 2 aliphatic rings. The summed E-state index contributed by atoms with van der Waals surface area (Å²) in [5, 5.41) is 2.83. The molecule has 1 saturated carbocycles. The van der Waals surface area contributed by atoms with E-state index >= 15 is 0 Å². The molecule has 3 nitrogen and oxygen atoms in total. The van der Waals surface area contributed by atoms with E-state index in [4.69, 9.17) is 0 Å². The van der Waals surface area contributed by atoms with E-state index in [1.54, 1.807) is 6.92 Å². The van der Waals surface area contributed by atoms with E-state index in [0.29, 0.717) is 0 Å². The maximum absolute atomic E-state index is 11.1. The number of hydrogen-bond acceptors (Lipinski definition) is 2. The maximum atomic E-state index is 11.1. The first-order valence-electron chi connectivity index (χ1n) is 8.33. The van der Waals surface area contributed by atoms with Gasteiger partial charge < -0.3 is 5.32 Å². The average Bonchev–Trinajstić information content (AvgIpc) is 2.49. The minimum atomic E-state index is -0.0103. The lowest BCUT2D eigenvalue weighted by atomic mass is 9.78. The molecular weight excluding hydrogens is 260 g/mol. The molecule has 21 heavy (non-hydrogen) atoms. The number of carbonyl (C=O) groups excluding carboxylic acids is 1. The van der Waals surface area contributed by atoms with Crippen LogP contribution in [0.2, 0.25) is 0 Å². The molecule has 3 rings (SSSR count). The van der Waals surface area contributed by atoms with Gasteiger partial charge in [-0.2, -0.15) is 0 Å². The lowest BCUT2D eigenvalue weighted by Crippen LogP contribution is -2.46. The average molecular weight is 286 g/mol. The first-order chi connectivity index (χ1) is 10.2. The third-order valence-corrected chi connectivity index (χ3v) is 5.02. The van der Waals surface area contributed by atoms with E-state index in [-0.39, 0.29) is 5.91 Å². The lowest BCUT2D eigenvalue weighted by molar-refractivity contribution is -0.114. The van der Waals surface area contributed by atoms with Gasteiger partial charge in [-0.3, -0.25) is 9.69 Å². The highest BCUT2D eigenvalue weighted by molar-refractivity contribution is 5.88. The van der Waals surface area contributed by atoms with Crippen molar-refractivity contribution in [3.05, 3.63) is 29.8 Å². The summed E-state index contributed by atoms with van der Waals surface area (Å²) in [7, 11) is 0. The summed E-state index contributed by atoms with van der Waals surface area (Å²) in [6.07, 6.45) is 8.44. The molecule has 1 aliphatic carbocycles. The number of amides is 1. The molecule has 1 aromatic carbocycles. The number of anilines is 1. The minimum Gasteiger partial charge on any atom is -0.326 e. The van der Waals surface area contributed by atoms with E-state index in [1.165, 1.54) is 50.6 Å². The Morgan fingerprint density at radius 3 is 2.62 bits per heavy atom. The Hall–Kier alpha value is -1.35. The molecule has 1 N–H and O–H groups in total. The number of carbonyl (C=O) groups is 1. The molecule has 0 aromatic heterocycles. The Morgan fingerprint density at radius 1 is 1.14 bits per heavy atom. The molecule has 1 amide bonds. The Morgan fingerprint density at radius 2 is 1.86 bits per heavy atom. The quantitative estimate of drug-likeness (QED) is 0.916. The fourth-order valence-electron chi connectivity index (χ4n) is 4.06. The van der Waals surface area contributed by atoms with Crippen LogP contribution in [0.1, 0.15) is 51.0 Å². The summed E-state index contributed by atoms with van der Waals surface area (Å²) in [6.45, 7) is 3.85. The first kappa shape index (κ1) is 14.6. The van der Waals surface area contributed by atoms with E-state index < -0.39 is 0 Å². The molecule has 1 aromatic rings. The van der Waals surface area contributed by atoms with Crippen LogP contribution in [-0.2, 0) is 11.3 Å². The molecule has 0 bridgehead atoms. The van der Waals surface area contributed by atoms with E-state index in [2.05, 4.69) is 22.3 Å². The third kappa shape index (κ3) is 3.65. The van der Waals surface area contributed by atoms with E-state index in [9.17, 15) is 4.79 Å². The number of piperidine rings is 1. The number of nitrogens with one attached hydrogen (secondary N) is 1. The van der Waals surface area contributed by atoms with Crippen LogP contribution >= 0.6 is 0 Å². The first-order valence-corrected chi connectivity index (χ1v) is 8.33. The van der Waals surface area contributed by atoms with Crippen molar-refractivity contribution in [1.29, 1.82) is 0 Å². The van der Waals surface area contributed by atoms with Gasteiger partial charge in [-0.15, -0.1) is 0 Å². The number of nitrogens with zero attached hydrogens (tertiary/aromatic N) is 1. The number of likely N-dealkylation sites (tertiary alicyclic amines) is 1. The van der Waals surface area contributed by atoms with Crippen molar-refractivity contribution in [3.63, 3.8) is 0 Å². The Balaban J connectivity index is 1.63.